The maximum atomic E-state index is 12.4. The number of carbonyl (C=O) groups is 1. The minimum atomic E-state index is -0.293. The standard InChI is InChI=1S/C13H27N3OS/c1-5-7-11(12(14)18)13(17)16(8-6-2)10-9-15(3)4/h11H,5-10H2,1-4H3,(H2,14,18). The minimum Gasteiger partial charge on any atom is -0.393 e. The summed E-state index contributed by atoms with van der Waals surface area (Å²) in [7, 11) is 4.01. The first-order valence-corrected chi connectivity index (χ1v) is 7.07. The van der Waals surface area contributed by atoms with Crippen LogP contribution in [0.2, 0.25) is 0 Å². The second-order valence-corrected chi connectivity index (χ2v) is 5.34. The van der Waals surface area contributed by atoms with Crippen LogP contribution in [-0.2, 0) is 4.79 Å². The van der Waals surface area contributed by atoms with Crippen LogP contribution in [0.4, 0.5) is 0 Å². The monoisotopic (exact) mass is 273 g/mol. The molecular weight excluding hydrogens is 246 g/mol. The molecule has 5 heteroatoms. The Kier molecular flexibility index (Phi) is 8.93. The molecule has 0 fully saturated rings. The molecule has 0 rings (SSSR count). The Balaban J connectivity index is 4.64. The molecule has 4 nitrogen and oxygen atoms in total. The zero-order chi connectivity index (χ0) is 14.1. The summed E-state index contributed by atoms with van der Waals surface area (Å²) in [5.74, 6) is -0.202. The fraction of sp³-hybridized carbons (Fsp3) is 0.846. The second kappa shape index (κ2) is 9.28. The predicted octanol–water partition coefficient (Wildman–Crippen LogP) is 1.49. The van der Waals surface area contributed by atoms with Gasteiger partial charge in [-0.3, -0.25) is 4.79 Å². The first-order chi connectivity index (χ1) is 8.43. The van der Waals surface area contributed by atoms with Crippen LogP contribution in [0.5, 0.6) is 0 Å². The van der Waals surface area contributed by atoms with Gasteiger partial charge in [0.05, 0.1) is 10.9 Å². The molecule has 0 aliphatic heterocycles. The van der Waals surface area contributed by atoms with Gasteiger partial charge in [-0.2, -0.15) is 0 Å². The molecule has 1 atom stereocenters. The number of rotatable bonds is 9. The fourth-order valence-corrected chi connectivity index (χ4v) is 2.04. The Morgan fingerprint density at radius 3 is 2.17 bits per heavy atom. The Morgan fingerprint density at radius 1 is 1.17 bits per heavy atom. The van der Waals surface area contributed by atoms with E-state index in [1.54, 1.807) is 0 Å². The van der Waals surface area contributed by atoms with Crippen molar-refractivity contribution in [3.63, 3.8) is 0 Å². The van der Waals surface area contributed by atoms with Gasteiger partial charge in [-0.15, -0.1) is 0 Å². The summed E-state index contributed by atoms with van der Waals surface area (Å²) in [6.07, 6.45) is 2.62. The summed E-state index contributed by atoms with van der Waals surface area (Å²) < 4.78 is 0. The van der Waals surface area contributed by atoms with Crippen molar-refractivity contribution < 1.29 is 4.79 Å². The molecule has 18 heavy (non-hydrogen) atoms. The Hall–Kier alpha value is -0.680. The second-order valence-electron chi connectivity index (χ2n) is 4.87. The highest BCUT2D eigenvalue weighted by Crippen LogP contribution is 2.12. The molecule has 0 aromatic heterocycles. The van der Waals surface area contributed by atoms with Gasteiger partial charge in [0.1, 0.15) is 0 Å². The number of carbonyl (C=O) groups excluding carboxylic acids is 1. The molecule has 1 unspecified atom stereocenters. The van der Waals surface area contributed by atoms with Crippen LogP contribution in [-0.4, -0.2) is 54.4 Å². The number of thiocarbonyl (C=S) groups is 1. The van der Waals surface area contributed by atoms with Gasteiger partial charge in [0.25, 0.3) is 0 Å². The van der Waals surface area contributed by atoms with E-state index < -0.39 is 0 Å². The summed E-state index contributed by atoms with van der Waals surface area (Å²) in [6, 6.07) is 0. The summed E-state index contributed by atoms with van der Waals surface area (Å²) in [5, 5.41) is 0. The van der Waals surface area contributed by atoms with Crippen molar-refractivity contribution >= 4 is 23.1 Å². The van der Waals surface area contributed by atoms with Crippen LogP contribution < -0.4 is 5.73 Å². The molecule has 1 amide bonds. The van der Waals surface area contributed by atoms with E-state index in [0.717, 1.165) is 38.9 Å². The molecule has 106 valence electrons. The van der Waals surface area contributed by atoms with E-state index in [1.165, 1.54) is 0 Å². The molecule has 0 aliphatic rings. The third-order valence-corrected chi connectivity index (χ3v) is 3.13. The van der Waals surface area contributed by atoms with Crippen LogP contribution in [0.15, 0.2) is 0 Å². The average Bonchev–Trinajstić information content (AvgIpc) is 2.30. The summed E-state index contributed by atoms with van der Waals surface area (Å²) in [4.78, 5) is 16.7. The predicted molar refractivity (Wildman–Crippen MR) is 80.6 cm³/mol. The van der Waals surface area contributed by atoms with E-state index in [-0.39, 0.29) is 11.8 Å². The van der Waals surface area contributed by atoms with Gasteiger partial charge < -0.3 is 15.5 Å². The lowest BCUT2D eigenvalue weighted by molar-refractivity contribution is -0.133. The van der Waals surface area contributed by atoms with Crippen molar-refractivity contribution in [1.29, 1.82) is 0 Å². The normalized spacial score (nSPS) is 12.5. The molecule has 0 saturated carbocycles. The Bertz CT molecular complexity index is 269. The number of hydrogen-bond donors (Lipinski definition) is 1. The highest BCUT2D eigenvalue weighted by atomic mass is 32.1. The van der Waals surface area contributed by atoms with Gasteiger partial charge in [0.2, 0.25) is 5.91 Å². The molecule has 0 saturated heterocycles. The molecular formula is C13H27N3OS. The smallest absolute Gasteiger partial charge is 0.232 e. The van der Waals surface area contributed by atoms with Gasteiger partial charge >= 0.3 is 0 Å². The average molecular weight is 273 g/mol. The van der Waals surface area contributed by atoms with E-state index in [1.807, 2.05) is 25.9 Å². The van der Waals surface area contributed by atoms with Gasteiger partial charge in [-0.05, 0) is 26.9 Å². The van der Waals surface area contributed by atoms with Crippen LogP contribution in [0.25, 0.3) is 0 Å². The van der Waals surface area contributed by atoms with Crippen molar-refractivity contribution in [3.05, 3.63) is 0 Å². The Morgan fingerprint density at radius 2 is 1.78 bits per heavy atom. The van der Waals surface area contributed by atoms with Crippen molar-refractivity contribution in [2.45, 2.75) is 33.1 Å². The van der Waals surface area contributed by atoms with Gasteiger partial charge in [0.15, 0.2) is 0 Å². The molecule has 0 bridgehead atoms. The highest BCUT2D eigenvalue weighted by molar-refractivity contribution is 7.80. The topological polar surface area (TPSA) is 49.6 Å². The van der Waals surface area contributed by atoms with E-state index >= 15 is 0 Å². The molecule has 0 spiro atoms. The fourth-order valence-electron chi connectivity index (χ4n) is 1.82. The third-order valence-electron chi connectivity index (χ3n) is 2.84. The maximum Gasteiger partial charge on any atom is 0.232 e. The molecule has 0 radical (unpaired) electrons. The van der Waals surface area contributed by atoms with Crippen molar-refractivity contribution in [2.24, 2.45) is 11.7 Å². The number of likely N-dealkylation sites (N-methyl/N-ethyl adjacent to an activating group) is 1. The van der Waals surface area contributed by atoms with Crippen LogP contribution in [0.1, 0.15) is 33.1 Å². The first-order valence-electron chi connectivity index (χ1n) is 6.66. The lowest BCUT2D eigenvalue weighted by Crippen LogP contribution is -2.44. The van der Waals surface area contributed by atoms with Crippen LogP contribution in [0.3, 0.4) is 0 Å². The third kappa shape index (κ3) is 6.31. The summed E-state index contributed by atoms with van der Waals surface area (Å²) in [5.41, 5.74) is 5.69. The zero-order valence-corrected chi connectivity index (χ0v) is 12.9. The lowest BCUT2D eigenvalue weighted by atomic mass is 10.0. The van der Waals surface area contributed by atoms with Gasteiger partial charge in [-0.1, -0.05) is 32.5 Å². The quantitative estimate of drug-likeness (QED) is 0.647. The van der Waals surface area contributed by atoms with E-state index in [4.69, 9.17) is 18.0 Å². The highest BCUT2D eigenvalue weighted by Gasteiger charge is 2.25. The first kappa shape index (κ1) is 17.3. The number of nitrogens with two attached hydrogens (primary N) is 1. The molecule has 0 aliphatic carbocycles. The number of hydrogen-bond acceptors (Lipinski definition) is 3. The number of amides is 1. The SMILES string of the molecule is CCCC(C(=O)N(CCC)CCN(C)C)C(N)=S. The van der Waals surface area contributed by atoms with Crippen molar-refractivity contribution in [1.82, 2.24) is 9.80 Å². The molecule has 2 N–H and O–H groups in total. The van der Waals surface area contributed by atoms with Crippen LogP contribution >= 0.6 is 12.2 Å². The maximum absolute atomic E-state index is 12.4. The molecule has 0 heterocycles. The van der Waals surface area contributed by atoms with E-state index in [0.29, 0.717) is 4.99 Å². The molecule has 0 aromatic rings. The van der Waals surface area contributed by atoms with Crippen LogP contribution in [0, 0.1) is 5.92 Å². The molecule has 0 aromatic carbocycles. The van der Waals surface area contributed by atoms with Gasteiger partial charge in [0, 0.05) is 19.6 Å². The summed E-state index contributed by atoms with van der Waals surface area (Å²) >= 11 is 5.02. The largest absolute Gasteiger partial charge is 0.393 e. The Labute approximate surface area is 116 Å². The number of nitrogens with zero attached hydrogens (tertiary/aromatic N) is 2. The van der Waals surface area contributed by atoms with E-state index in [2.05, 4.69) is 11.8 Å². The minimum absolute atomic E-state index is 0.0908. The van der Waals surface area contributed by atoms with E-state index in [9.17, 15) is 4.79 Å². The van der Waals surface area contributed by atoms with Crippen molar-refractivity contribution in [3.8, 4) is 0 Å². The zero-order valence-electron chi connectivity index (χ0n) is 12.1. The van der Waals surface area contributed by atoms with Gasteiger partial charge in [-0.25, -0.2) is 0 Å². The summed E-state index contributed by atoms with van der Waals surface area (Å²) in [6.45, 7) is 6.49. The lowest BCUT2D eigenvalue weighted by Gasteiger charge is -2.27. The van der Waals surface area contributed by atoms with Crippen molar-refractivity contribution in [2.75, 3.05) is 33.7 Å².